The first-order chi connectivity index (χ1) is 10.8. The van der Waals surface area contributed by atoms with Crippen LogP contribution < -0.4 is 5.32 Å². The van der Waals surface area contributed by atoms with Crippen molar-refractivity contribution in [3.05, 3.63) is 35.6 Å². The maximum Gasteiger partial charge on any atom is 0.251 e. The number of hydrogen-bond acceptors (Lipinski definition) is 3. The Labute approximate surface area is 136 Å². The Hall–Kier alpha value is -1.47. The van der Waals surface area contributed by atoms with Crippen LogP contribution in [0.5, 0.6) is 0 Å². The van der Waals surface area contributed by atoms with Crippen LogP contribution in [0.3, 0.4) is 0 Å². The van der Waals surface area contributed by atoms with Gasteiger partial charge in [0.2, 0.25) is 10.0 Å². The number of piperidine rings is 1. The first kappa shape index (κ1) is 17.9. The molecule has 0 spiro atoms. The molecule has 0 bridgehead atoms. The van der Waals surface area contributed by atoms with E-state index in [2.05, 4.69) is 5.32 Å². The van der Waals surface area contributed by atoms with Crippen molar-refractivity contribution in [3.8, 4) is 0 Å². The molecule has 1 aromatic rings. The molecule has 2 rings (SSSR count). The lowest BCUT2D eigenvalue weighted by Gasteiger charge is -2.37. The summed E-state index contributed by atoms with van der Waals surface area (Å²) in [5.41, 5.74) is 0.309. The predicted molar refractivity (Wildman–Crippen MR) is 87.1 cm³/mol. The van der Waals surface area contributed by atoms with Crippen molar-refractivity contribution in [2.24, 2.45) is 0 Å². The van der Waals surface area contributed by atoms with E-state index >= 15 is 0 Å². The van der Waals surface area contributed by atoms with Gasteiger partial charge in [-0.3, -0.25) is 4.79 Å². The highest BCUT2D eigenvalue weighted by Gasteiger charge is 2.34. The van der Waals surface area contributed by atoms with Gasteiger partial charge in [-0.05, 0) is 51.0 Å². The number of carbonyl (C=O) groups excluding carboxylic acids is 1. The van der Waals surface area contributed by atoms with Crippen LogP contribution >= 0.6 is 0 Å². The van der Waals surface area contributed by atoms with Gasteiger partial charge >= 0.3 is 0 Å². The van der Waals surface area contributed by atoms with E-state index in [9.17, 15) is 17.6 Å². The van der Waals surface area contributed by atoms with Gasteiger partial charge in [0.15, 0.2) is 0 Å². The zero-order valence-electron chi connectivity index (χ0n) is 13.5. The molecule has 1 aliphatic rings. The summed E-state index contributed by atoms with van der Waals surface area (Å²) < 4.78 is 39.4. The first-order valence-corrected chi connectivity index (χ1v) is 9.47. The number of nitrogens with one attached hydrogen (secondary N) is 1. The fraction of sp³-hybridized carbons (Fsp3) is 0.562. The minimum Gasteiger partial charge on any atom is -0.351 e. The Balaban J connectivity index is 1.91. The van der Waals surface area contributed by atoms with Crippen molar-refractivity contribution >= 4 is 15.9 Å². The van der Waals surface area contributed by atoms with Gasteiger partial charge in [0.25, 0.3) is 5.91 Å². The third-order valence-corrected chi connectivity index (χ3v) is 6.27. The van der Waals surface area contributed by atoms with Gasteiger partial charge < -0.3 is 5.32 Å². The summed E-state index contributed by atoms with van der Waals surface area (Å²) in [5, 5.41) is 2.58. The highest BCUT2D eigenvalue weighted by molar-refractivity contribution is 7.89. The quantitative estimate of drug-likeness (QED) is 0.891. The molecular formula is C16H23FN2O3S. The lowest BCUT2D eigenvalue weighted by molar-refractivity contribution is 0.0956. The van der Waals surface area contributed by atoms with Gasteiger partial charge in [-0.1, -0.05) is 6.42 Å². The van der Waals surface area contributed by atoms with Crippen LogP contribution in [0.2, 0.25) is 0 Å². The molecule has 1 amide bonds. The second-order valence-electron chi connectivity index (χ2n) is 6.04. The molecule has 1 N–H and O–H groups in total. The smallest absolute Gasteiger partial charge is 0.251 e. The average Bonchev–Trinajstić information content (AvgIpc) is 2.47. The molecule has 23 heavy (non-hydrogen) atoms. The Morgan fingerprint density at radius 1 is 1.22 bits per heavy atom. The molecule has 2 atom stereocenters. The Morgan fingerprint density at radius 3 is 2.35 bits per heavy atom. The van der Waals surface area contributed by atoms with Crippen LogP contribution in [0.4, 0.5) is 4.39 Å². The fourth-order valence-electron chi connectivity index (χ4n) is 3.05. The second-order valence-corrected chi connectivity index (χ2v) is 8.03. The normalized spacial score (nSPS) is 22.7. The molecule has 1 fully saturated rings. The Morgan fingerprint density at radius 2 is 1.78 bits per heavy atom. The Bertz CT molecular complexity index is 636. The molecule has 0 aliphatic carbocycles. The van der Waals surface area contributed by atoms with E-state index in [1.165, 1.54) is 24.3 Å². The zero-order chi connectivity index (χ0) is 17.0. The van der Waals surface area contributed by atoms with E-state index in [4.69, 9.17) is 0 Å². The van der Waals surface area contributed by atoms with Crippen molar-refractivity contribution < 1.29 is 17.6 Å². The van der Waals surface area contributed by atoms with Crippen LogP contribution in [0.15, 0.2) is 24.3 Å². The molecule has 1 aromatic carbocycles. The number of rotatable bonds is 5. The van der Waals surface area contributed by atoms with Gasteiger partial charge in [-0.2, -0.15) is 4.31 Å². The molecule has 1 saturated heterocycles. The highest BCUT2D eigenvalue weighted by atomic mass is 32.2. The van der Waals surface area contributed by atoms with Crippen molar-refractivity contribution in [2.75, 3.05) is 12.3 Å². The number of nitrogens with zero attached hydrogens (tertiary/aromatic N) is 1. The average molecular weight is 342 g/mol. The minimum atomic E-state index is -3.41. The summed E-state index contributed by atoms with van der Waals surface area (Å²) in [6.45, 7) is 3.88. The van der Waals surface area contributed by atoms with Gasteiger partial charge in [0, 0.05) is 24.2 Å². The van der Waals surface area contributed by atoms with Crippen LogP contribution in [-0.4, -0.2) is 43.0 Å². The molecule has 7 heteroatoms. The summed E-state index contributed by atoms with van der Waals surface area (Å²) >= 11 is 0. The SMILES string of the molecule is C[C@H]1CCC[C@H](C)N1S(=O)(=O)CCNC(=O)c1ccc(F)cc1. The number of benzene rings is 1. The first-order valence-electron chi connectivity index (χ1n) is 7.86. The third kappa shape index (κ3) is 4.51. The largest absolute Gasteiger partial charge is 0.351 e. The molecule has 1 heterocycles. The van der Waals surface area contributed by atoms with Gasteiger partial charge in [0.1, 0.15) is 5.82 Å². The van der Waals surface area contributed by atoms with E-state index < -0.39 is 21.7 Å². The third-order valence-electron chi connectivity index (χ3n) is 4.19. The number of carbonyl (C=O) groups is 1. The molecule has 0 aromatic heterocycles. The summed E-state index contributed by atoms with van der Waals surface area (Å²) in [4.78, 5) is 11.9. The summed E-state index contributed by atoms with van der Waals surface area (Å²) in [6.07, 6.45) is 2.77. The second kappa shape index (κ2) is 7.40. The number of hydrogen-bond donors (Lipinski definition) is 1. The number of halogens is 1. The number of sulfonamides is 1. The monoisotopic (exact) mass is 342 g/mol. The molecule has 0 saturated carbocycles. The van der Waals surface area contributed by atoms with Crippen LogP contribution in [-0.2, 0) is 10.0 Å². The minimum absolute atomic E-state index is 0.00319. The molecule has 5 nitrogen and oxygen atoms in total. The standard InChI is InChI=1S/C16H23FN2O3S/c1-12-4-3-5-13(2)19(12)23(21,22)11-10-18-16(20)14-6-8-15(17)9-7-14/h6-9,12-13H,3-5,10-11H2,1-2H3,(H,18,20)/t12-,13-/m0/s1. The van der Waals surface area contributed by atoms with Gasteiger partial charge in [0.05, 0.1) is 5.75 Å². The fourth-order valence-corrected chi connectivity index (χ4v) is 4.93. The lowest BCUT2D eigenvalue weighted by atomic mass is 10.0. The van der Waals surface area contributed by atoms with Crippen molar-refractivity contribution in [1.29, 1.82) is 0 Å². The van der Waals surface area contributed by atoms with E-state index in [1.54, 1.807) is 4.31 Å². The van der Waals surface area contributed by atoms with E-state index in [-0.39, 0.29) is 24.4 Å². The Kier molecular flexibility index (Phi) is 5.75. The molecule has 0 unspecified atom stereocenters. The van der Waals surface area contributed by atoms with Crippen LogP contribution in [0.1, 0.15) is 43.5 Å². The van der Waals surface area contributed by atoms with Crippen LogP contribution in [0, 0.1) is 5.82 Å². The van der Waals surface area contributed by atoms with Crippen LogP contribution in [0.25, 0.3) is 0 Å². The highest BCUT2D eigenvalue weighted by Crippen LogP contribution is 2.25. The summed E-state index contributed by atoms with van der Waals surface area (Å²) in [7, 11) is -3.41. The predicted octanol–water partition coefficient (Wildman–Crippen LogP) is 2.15. The maximum atomic E-state index is 12.8. The molecule has 0 radical (unpaired) electrons. The summed E-state index contributed by atoms with van der Waals surface area (Å²) in [6, 6.07) is 5.13. The van der Waals surface area contributed by atoms with Gasteiger partial charge in [-0.25, -0.2) is 12.8 Å². The van der Waals surface area contributed by atoms with Crippen molar-refractivity contribution in [1.82, 2.24) is 9.62 Å². The number of amides is 1. The maximum absolute atomic E-state index is 12.8. The van der Waals surface area contributed by atoms with E-state index in [0.717, 1.165) is 19.3 Å². The van der Waals surface area contributed by atoms with Crippen molar-refractivity contribution in [2.45, 2.75) is 45.2 Å². The topological polar surface area (TPSA) is 66.5 Å². The summed E-state index contributed by atoms with van der Waals surface area (Å²) in [5.74, 6) is -0.952. The van der Waals surface area contributed by atoms with E-state index in [1.807, 2.05) is 13.8 Å². The molecular weight excluding hydrogens is 319 g/mol. The van der Waals surface area contributed by atoms with Gasteiger partial charge in [-0.15, -0.1) is 0 Å². The van der Waals surface area contributed by atoms with E-state index in [0.29, 0.717) is 5.56 Å². The molecule has 1 aliphatic heterocycles. The van der Waals surface area contributed by atoms with Crippen molar-refractivity contribution in [3.63, 3.8) is 0 Å². The zero-order valence-corrected chi connectivity index (χ0v) is 14.3. The molecule has 128 valence electrons. The lowest BCUT2D eigenvalue weighted by Crippen LogP contribution is -2.49.